The highest BCUT2D eigenvalue weighted by atomic mass is 19.4. The third kappa shape index (κ3) is 7.45. The Hall–Kier alpha value is -5.20. The summed E-state index contributed by atoms with van der Waals surface area (Å²) in [5, 5.41) is 0.297. The highest BCUT2D eigenvalue weighted by Crippen LogP contribution is 2.37. The molecule has 0 spiro atoms. The fourth-order valence-electron chi connectivity index (χ4n) is 5.20. The highest BCUT2D eigenvalue weighted by Gasteiger charge is 2.37. The Morgan fingerprint density at radius 1 is 0.894 bits per heavy atom. The van der Waals surface area contributed by atoms with Crippen molar-refractivity contribution in [2.45, 2.75) is 45.2 Å². The van der Waals surface area contributed by atoms with Crippen molar-refractivity contribution >= 4 is 16.8 Å². The molecule has 5 aromatic rings. The number of hydrogen-bond donors (Lipinski definition) is 0. The predicted molar refractivity (Wildman–Crippen MR) is 162 cm³/mol. The maximum Gasteiger partial charge on any atom is 0.416 e. The quantitative estimate of drug-likeness (QED) is 0.154. The second-order valence-electron chi connectivity index (χ2n) is 10.7. The van der Waals surface area contributed by atoms with Crippen molar-refractivity contribution in [3.63, 3.8) is 0 Å². The highest BCUT2D eigenvalue weighted by molar-refractivity contribution is 5.80. The van der Waals surface area contributed by atoms with Crippen LogP contribution in [-0.2, 0) is 30.1 Å². The summed E-state index contributed by atoms with van der Waals surface area (Å²) in [5.41, 5.74) is -2.70. The van der Waals surface area contributed by atoms with E-state index >= 15 is 0 Å². The van der Waals surface area contributed by atoms with E-state index < -0.39 is 53.0 Å². The minimum Gasteiger partial charge on any atom is -0.494 e. The summed E-state index contributed by atoms with van der Waals surface area (Å²) in [6.07, 6.45) is -7.96. The Bertz CT molecular complexity index is 1910. The Kier molecular flexibility index (Phi) is 9.36. The third-order valence-corrected chi connectivity index (χ3v) is 7.45. The van der Waals surface area contributed by atoms with Crippen LogP contribution in [0.25, 0.3) is 16.6 Å². The van der Waals surface area contributed by atoms with Gasteiger partial charge in [-0.3, -0.25) is 19.1 Å². The molecule has 2 heterocycles. The Morgan fingerprint density at radius 2 is 1.55 bits per heavy atom. The van der Waals surface area contributed by atoms with Gasteiger partial charge < -0.3 is 9.64 Å². The lowest BCUT2D eigenvalue weighted by Gasteiger charge is -2.31. The van der Waals surface area contributed by atoms with Crippen molar-refractivity contribution in [2.24, 2.45) is 0 Å². The summed E-state index contributed by atoms with van der Waals surface area (Å²) in [4.78, 5) is 38.0. The van der Waals surface area contributed by atoms with Crippen LogP contribution in [0.15, 0.2) is 96.1 Å². The number of alkyl halides is 6. The molecule has 0 aliphatic heterocycles. The van der Waals surface area contributed by atoms with Crippen molar-refractivity contribution in [1.82, 2.24) is 19.4 Å². The molecule has 3 aromatic carbocycles. The molecular formula is C34H28F6N4O3. The van der Waals surface area contributed by atoms with Crippen LogP contribution in [0, 0.1) is 0 Å². The van der Waals surface area contributed by atoms with Gasteiger partial charge in [0.2, 0.25) is 5.91 Å². The molecule has 0 aliphatic carbocycles. The molecule has 0 unspecified atom stereocenters. The van der Waals surface area contributed by atoms with Gasteiger partial charge in [-0.2, -0.15) is 26.3 Å². The van der Waals surface area contributed by atoms with Crippen molar-refractivity contribution < 1.29 is 35.9 Å². The minimum atomic E-state index is -5.08. The number of pyridine rings is 1. The number of hydrogen-bond acceptors (Lipinski definition) is 5. The third-order valence-electron chi connectivity index (χ3n) is 7.45. The SMILES string of the molecule is CCOc1ccc(-n2c([C@@H](C)N(Cc3cccnc3)C(=O)Cc3cc(C(F)(F)F)cc(C(F)(F)F)c3)nc3ccccc3c2=O)cc1. The summed E-state index contributed by atoms with van der Waals surface area (Å²) < 4.78 is 88.4. The monoisotopic (exact) mass is 654 g/mol. The van der Waals surface area contributed by atoms with Crippen LogP contribution in [0.4, 0.5) is 26.3 Å². The topological polar surface area (TPSA) is 77.3 Å². The lowest BCUT2D eigenvalue weighted by atomic mass is 10.0. The van der Waals surface area contributed by atoms with Gasteiger partial charge in [0.05, 0.1) is 46.8 Å². The van der Waals surface area contributed by atoms with E-state index in [1.807, 2.05) is 6.92 Å². The minimum absolute atomic E-state index is 0.0124. The van der Waals surface area contributed by atoms with Crippen molar-refractivity contribution in [3.05, 3.63) is 130 Å². The zero-order valence-electron chi connectivity index (χ0n) is 25.1. The first-order chi connectivity index (χ1) is 22.3. The van der Waals surface area contributed by atoms with E-state index in [1.165, 1.54) is 21.9 Å². The lowest BCUT2D eigenvalue weighted by molar-refractivity contribution is -0.143. The van der Waals surface area contributed by atoms with E-state index in [9.17, 15) is 35.9 Å². The molecule has 0 aliphatic rings. The van der Waals surface area contributed by atoms with Gasteiger partial charge in [-0.25, -0.2) is 4.98 Å². The Balaban J connectivity index is 1.64. The largest absolute Gasteiger partial charge is 0.494 e. The molecule has 1 amide bonds. The van der Waals surface area contributed by atoms with Crippen molar-refractivity contribution in [2.75, 3.05) is 6.61 Å². The van der Waals surface area contributed by atoms with E-state index in [2.05, 4.69) is 4.98 Å². The smallest absolute Gasteiger partial charge is 0.416 e. The maximum absolute atomic E-state index is 14.0. The Morgan fingerprint density at radius 3 is 2.15 bits per heavy atom. The molecule has 0 saturated heterocycles. The average molecular weight is 655 g/mol. The van der Waals surface area contributed by atoms with Gasteiger partial charge in [0, 0.05) is 18.9 Å². The fourth-order valence-corrected chi connectivity index (χ4v) is 5.20. The van der Waals surface area contributed by atoms with E-state index in [4.69, 9.17) is 9.72 Å². The van der Waals surface area contributed by atoms with Crippen LogP contribution in [0.2, 0.25) is 0 Å². The standard InChI is InChI=1S/C34H28F6N4O3/c1-3-47-27-12-10-26(11-13-27)44-31(42-29-9-5-4-8-28(29)32(44)46)21(2)43(20-22-7-6-14-41-19-22)30(45)17-23-15-24(33(35,36)37)18-25(16-23)34(38,39)40/h4-16,18-19,21H,3,17,20H2,1-2H3/t21-/m1/s1. The van der Waals surface area contributed by atoms with Gasteiger partial charge in [0.1, 0.15) is 11.6 Å². The number of carbonyl (C=O) groups is 1. The first-order valence-electron chi connectivity index (χ1n) is 14.5. The second-order valence-corrected chi connectivity index (χ2v) is 10.7. The maximum atomic E-state index is 14.0. The van der Waals surface area contributed by atoms with Gasteiger partial charge >= 0.3 is 12.4 Å². The fraction of sp³-hybridized carbons (Fsp3) is 0.235. The van der Waals surface area contributed by atoms with Crippen molar-refractivity contribution in [1.29, 1.82) is 0 Å². The molecule has 244 valence electrons. The summed E-state index contributed by atoms with van der Waals surface area (Å²) >= 11 is 0. The average Bonchev–Trinajstić information content (AvgIpc) is 3.03. The molecule has 0 bridgehead atoms. The zero-order chi connectivity index (χ0) is 33.9. The van der Waals surface area contributed by atoms with E-state index in [-0.39, 0.29) is 18.4 Å². The van der Waals surface area contributed by atoms with Crippen LogP contribution in [0.3, 0.4) is 0 Å². The zero-order valence-corrected chi connectivity index (χ0v) is 25.1. The van der Waals surface area contributed by atoms with Gasteiger partial charge in [-0.15, -0.1) is 0 Å². The van der Waals surface area contributed by atoms with Gasteiger partial charge in [-0.05, 0) is 85.6 Å². The summed E-state index contributed by atoms with van der Waals surface area (Å²) in [6, 6.07) is 16.6. The second kappa shape index (κ2) is 13.3. The molecule has 47 heavy (non-hydrogen) atoms. The number of benzene rings is 3. The number of para-hydroxylation sites is 1. The Labute approximate surface area is 265 Å². The van der Waals surface area contributed by atoms with Crippen molar-refractivity contribution in [3.8, 4) is 11.4 Å². The first-order valence-corrected chi connectivity index (χ1v) is 14.5. The lowest BCUT2D eigenvalue weighted by Crippen LogP contribution is -2.38. The molecule has 7 nitrogen and oxygen atoms in total. The molecule has 5 rings (SSSR count). The summed E-state index contributed by atoms with van der Waals surface area (Å²) in [5.74, 6) is -0.120. The van der Waals surface area contributed by atoms with E-state index in [1.54, 1.807) is 67.6 Å². The number of ether oxygens (including phenoxy) is 1. The van der Waals surface area contributed by atoms with Gasteiger partial charge in [-0.1, -0.05) is 18.2 Å². The van der Waals surface area contributed by atoms with Crippen LogP contribution in [0.5, 0.6) is 5.75 Å². The van der Waals surface area contributed by atoms with Crippen LogP contribution in [0.1, 0.15) is 48.0 Å². The molecule has 0 radical (unpaired) electrons. The predicted octanol–water partition coefficient (Wildman–Crippen LogP) is 7.55. The summed E-state index contributed by atoms with van der Waals surface area (Å²) in [6.45, 7) is 3.69. The molecule has 13 heteroatoms. The van der Waals surface area contributed by atoms with Gasteiger partial charge in [0.25, 0.3) is 5.56 Å². The number of nitrogens with zero attached hydrogens (tertiary/aromatic N) is 4. The molecule has 0 N–H and O–H groups in total. The van der Waals surface area contributed by atoms with Crippen LogP contribution >= 0.6 is 0 Å². The molecule has 0 fully saturated rings. The number of rotatable bonds is 9. The van der Waals surface area contributed by atoms with Crippen LogP contribution < -0.4 is 10.3 Å². The number of amides is 1. The van der Waals surface area contributed by atoms with E-state index in [0.29, 0.717) is 46.6 Å². The van der Waals surface area contributed by atoms with Gasteiger partial charge in [0.15, 0.2) is 0 Å². The van der Waals surface area contributed by atoms with Crippen LogP contribution in [-0.4, -0.2) is 31.9 Å². The number of halogens is 6. The summed E-state index contributed by atoms with van der Waals surface area (Å²) in [7, 11) is 0. The first kappa shape index (κ1) is 33.2. The molecular weight excluding hydrogens is 626 g/mol. The molecule has 0 saturated carbocycles. The number of carbonyl (C=O) groups excluding carboxylic acids is 1. The normalized spacial score (nSPS) is 12.6. The molecule has 2 aromatic heterocycles. The number of aromatic nitrogens is 3. The van der Waals surface area contributed by atoms with E-state index in [0.717, 1.165) is 0 Å². The number of fused-ring (bicyclic) bond motifs is 1. The molecule has 1 atom stereocenters.